The fourth-order valence-electron chi connectivity index (χ4n) is 2.59. The number of nitrogens with one attached hydrogen (secondary N) is 2. The Morgan fingerprint density at radius 3 is 2.74 bits per heavy atom. The van der Waals surface area contributed by atoms with Crippen molar-refractivity contribution in [2.45, 2.75) is 6.10 Å². The predicted molar refractivity (Wildman–Crippen MR) is 98.8 cm³/mol. The number of para-hydroxylation sites is 2. The molecule has 2 aromatic carbocycles. The van der Waals surface area contributed by atoms with Gasteiger partial charge in [-0.25, -0.2) is 4.39 Å². The van der Waals surface area contributed by atoms with Gasteiger partial charge < -0.3 is 9.47 Å². The number of carbonyl (C=O) groups is 2. The number of benzene rings is 2. The molecule has 1 unspecified atom stereocenters. The summed E-state index contributed by atoms with van der Waals surface area (Å²) in [7, 11) is 0. The Balaban J connectivity index is 1.42. The number of hydrazine groups is 1. The van der Waals surface area contributed by atoms with Crippen LogP contribution < -0.4 is 20.3 Å². The van der Waals surface area contributed by atoms with Gasteiger partial charge in [-0.15, -0.1) is 11.3 Å². The first-order valence-electron chi connectivity index (χ1n) is 7.89. The van der Waals surface area contributed by atoms with E-state index in [0.29, 0.717) is 21.6 Å². The molecule has 0 saturated heterocycles. The second kappa shape index (κ2) is 7.05. The first-order valence-corrected chi connectivity index (χ1v) is 9.08. The van der Waals surface area contributed by atoms with Crippen molar-refractivity contribution in [3.05, 3.63) is 58.2 Å². The van der Waals surface area contributed by atoms with Gasteiger partial charge in [-0.05, 0) is 30.3 Å². The molecule has 1 aromatic heterocycles. The van der Waals surface area contributed by atoms with Crippen molar-refractivity contribution in [1.82, 2.24) is 10.9 Å². The second-order valence-electron chi connectivity index (χ2n) is 5.69. The van der Waals surface area contributed by atoms with Crippen molar-refractivity contribution in [3.63, 3.8) is 0 Å². The van der Waals surface area contributed by atoms with E-state index in [1.165, 1.54) is 18.2 Å². The third-order valence-electron chi connectivity index (χ3n) is 3.90. The molecule has 1 aliphatic heterocycles. The molecule has 0 radical (unpaired) electrons. The van der Waals surface area contributed by atoms with E-state index in [2.05, 4.69) is 10.9 Å². The Bertz CT molecular complexity index is 1060. The fraction of sp³-hybridized carbons (Fsp3) is 0.111. The topological polar surface area (TPSA) is 76.7 Å². The molecule has 0 saturated carbocycles. The summed E-state index contributed by atoms with van der Waals surface area (Å²) >= 11 is 7.23. The zero-order valence-electron chi connectivity index (χ0n) is 13.6. The molecule has 6 nitrogen and oxygen atoms in total. The average molecular weight is 407 g/mol. The molecule has 2 N–H and O–H groups in total. The third-order valence-corrected chi connectivity index (χ3v) is 5.55. The molecular weight excluding hydrogens is 395 g/mol. The molecule has 0 aliphatic carbocycles. The number of rotatable bonds is 2. The Morgan fingerprint density at radius 1 is 1.15 bits per heavy atom. The number of ether oxygens (including phenoxy) is 2. The molecule has 0 spiro atoms. The molecule has 3 aromatic rings. The van der Waals surface area contributed by atoms with E-state index < -0.39 is 23.7 Å². The van der Waals surface area contributed by atoms with Gasteiger partial charge in [-0.1, -0.05) is 23.7 Å². The van der Waals surface area contributed by atoms with E-state index in [9.17, 15) is 14.0 Å². The molecule has 2 amide bonds. The summed E-state index contributed by atoms with van der Waals surface area (Å²) in [6.07, 6.45) is -0.910. The van der Waals surface area contributed by atoms with E-state index >= 15 is 0 Å². The lowest BCUT2D eigenvalue weighted by atomic mass is 10.2. The number of amides is 2. The van der Waals surface area contributed by atoms with Gasteiger partial charge in [0.2, 0.25) is 6.10 Å². The van der Waals surface area contributed by atoms with Crippen LogP contribution in [-0.2, 0) is 4.79 Å². The molecule has 4 rings (SSSR count). The average Bonchev–Trinajstić information content (AvgIpc) is 3.01. The van der Waals surface area contributed by atoms with Crippen LogP contribution in [0, 0.1) is 5.82 Å². The number of hydrogen-bond donors (Lipinski definition) is 2. The van der Waals surface area contributed by atoms with Crippen LogP contribution in [0.3, 0.4) is 0 Å². The van der Waals surface area contributed by atoms with Crippen molar-refractivity contribution in [2.24, 2.45) is 0 Å². The van der Waals surface area contributed by atoms with Gasteiger partial charge in [-0.3, -0.25) is 20.4 Å². The molecule has 27 heavy (non-hydrogen) atoms. The van der Waals surface area contributed by atoms with E-state index in [1.807, 2.05) is 0 Å². The highest BCUT2D eigenvalue weighted by molar-refractivity contribution is 7.21. The minimum atomic E-state index is -0.910. The Morgan fingerprint density at radius 2 is 1.93 bits per heavy atom. The smallest absolute Gasteiger partial charge is 0.283 e. The zero-order chi connectivity index (χ0) is 19.0. The quantitative estimate of drug-likeness (QED) is 0.640. The van der Waals surface area contributed by atoms with Gasteiger partial charge in [0.15, 0.2) is 11.5 Å². The van der Waals surface area contributed by atoms with Gasteiger partial charge in [-0.2, -0.15) is 0 Å². The highest BCUT2D eigenvalue weighted by atomic mass is 35.5. The molecular formula is C18H12ClFN2O4S. The van der Waals surface area contributed by atoms with Crippen LogP contribution in [0.5, 0.6) is 11.5 Å². The van der Waals surface area contributed by atoms with Gasteiger partial charge in [0.1, 0.15) is 17.3 Å². The lowest BCUT2D eigenvalue weighted by Gasteiger charge is -2.25. The number of carbonyl (C=O) groups excluding carboxylic acids is 2. The van der Waals surface area contributed by atoms with E-state index in [-0.39, 0.29) is 16.5 Å². The Hall–Kier alpha value is -2.84. The van der Waals surface area contributed by atoms with E-state index in [0.717, 1.165) is 11.3 Å². The van der Waals surface area contributed by atoms with Crippen LogP contribution in [0.1, 0.15) is 9.67 Å². The molecule has 9 heteroatoms. The fourth-order valence-corrected chi connectivity index (χ4v) is 4.03. The predicted octanol–water partition coefficient (Wildman–Crippen LogP) is 3.29. The summed E-state index contributed by atoms with van der Waals surface area (Å²) in [5.74, 6) is -0.594. The lowest BCUT2D eigenvalue weighted by molar-refractivity contribution is -0.131. The summed E-state index contributed by atoms with van der Waals surface area (Å²) in [5, 5.41) is 0.771. The molecule has 1 atom stereocenters. The number of fused-ring (bicyclic) bond motifs is 2. The van der Waals surface area contributed by atoms with Crippen molar-refractivity contribution in [3.8, 4) is 11.5 Å². The second-order valence-corrected chi connectivity index (χ2v) is 7.12. The monoisotopic (exact) mass is 406 g/mol. The van der Waals surface area contributed by atoms with Crippen molar-refractivity contribution >= 4 is 44.8 Å². The zero-order valence-corrected chi connectivity index (χ0v) is 15.2. The SMILES string of the molecule is O=C(NNC(=O)C1COc2ccccc2O1)c1sc2cc(F)ccc2c1Cl. The summed E-state index contributed by atoms with van der Waals surface area (Å²) in [6, 6.07) is 11.0. The number of thiophene rings is 1. The summed E-state index contributed by atoms with van der Waals surface area (Å²) < 4.78 is 24.9. The van der Waals surface area contributed by atoms with Crippen LogP contribution in [0.4, 0.5) is 4.39 Å². The maximum atomic E-state index is 13.3. The van der Waals surface area contributed by atoms with E-state index in [4.69, 9.17) is 21.1 Å². The van der Waals surface area contributed by atoms with E-state index in [1.54, 1.807) is 24.3 Å². The largest absolute Gasteiger partial charge is 0.485 e. The highest BCUT2D eigenvalue weighted by Gasteiger charge is 2.28. The van der Waals surface area contributed by atoms with Crippen LogP contribution in [0.25, 0.3) is 10.1 Å². The minimum absolute atomic E-state index is 0.0155. The summed E-state index contributed by atoms with van der Waals surface area (Å²) in [6.45, 7) is 0.0155. The van der Waals surface area contributed by atoms with Gasteiger partial charge in [0, 0.05) is 10.1 Å². The summed E-state index contributed by atoms with van der Waals surface area (Å²) in [4.78, 5) is 24.7. The highest BCUT2D eigenvalue weighted by Crippen LogP contribution is 2.35. The van der Waals surface area contributed by atoms with Crippen LogP contribution in [-0.4, -0.2) is 24.5 Å². The van der Waals surface area contributed by atoms with Crippen molar-refractivity contribution in [2.75, 3.05) is 6.61 Å². The summed E-state index contributed by atoms with van der Waals surface area (Å²) in [5.41, 5.74) is 4.59. The maximum absolute atomic E-state index is 13.3. The van der Waals surface area contributed by atoms with Crippen molar-refractivity contribution in [1.29, 1.82) is 0 Å². The number of halogens is 2. The molecule has 138 valence electrons. The molecule has 1 aliphatic rings. The normalized spacial score (nSPS) is 15.4. The number of hydrogen-bond acceptors (Lipinski definition) is 5. The lowest BCUT2D eigenvalue weighted by Crippen LogP contribution is -2.50. The molecule has 0 bridgehead atoms. The van der Waals surface area contributed by atoms with Crippen molar-refractivity contribution < 1.29 is 23.5 Å². The van der Waals surface area contributed by atoms with Crippen LogP contribution in [0.15, 0.2) is 42.5 Å². The Kier molecular flexibility index (Phi) is 4.59. The molecule has 2 heterocycles. The van der Waals surface area contributed by atoms with Gasteiger partial charge in [0.05, 0.1) is 5.02 Å². The first kappa shape index (κ1) is 17.6. The van der Waals surface area contributed by atoms with Gasteiger partial charge >= 0.3 is 0 Å². The first-order chi connectivity index (χ1) is 13.0. The molecule has 0 fully saturated rings. The van der Waals surface area contributed by atoms with Crippen LogP contribution >= 0.6 is 22.9 Å². The standard InChI is InChI=1S/C18H12ClFN2O4S/c19-15-10-6-5-9(20)7-14(10)27-16(15)18(24)22-21-17(23)13-8-25-11-3-1-2-4-12(11)26-13/h1-7,13H,8H2,(H,21,23)(H,22,24). The van der Waals surface area contributed by atoms with Gasteiger partial charge in [0.25, 0.3) is 11.8 Å². The minimum Gasteiger partial charge on any atom is -0.485 e. The maximum Gasteiger partial charge on any atom is 0.283 e. The third kappa shape index (κ3) is 3.41. The van der Waals surface area contributed by atoms with Crippen LogP contribution in [0.2, 0.25) is 5.02 Å². The Labute approximate surface area is 161 Å².